The first-order chi connectivity index (χ1) is 13.2. The largest absolute Gasteiger partial charge is 0.453 e. The number of thiophene rings is 1. The third-order valence-electron chi connectivity index (χ3n) is 3.80. The van der Waals surface area contributed by atoms with Gasteiger partial charge in [-0.15, -0.1) is 16.2 Å². The average Bonchev–Trinajstić information content (AvgIpc) is 3.31. The fraction of sp³-hybridized carbons (Fsp3) is 0.0556. The van der Waals surface area contributed by atoms with Crippen molar-refractivity contribution < 1.29 is 13.9 Å². The molecular formula is C18H11FN4O3S. The van der Waals surface area contributed by atoms with Crippen LogP contribution in [-0.4, -0.2) is 21.1 Å². The fourth-order valence-electron chi connectivity index (χ4n) is 2.55. The molecule has 0 fully saturated rings. The number of halogens is 1. The molecule has 0 atom stereocenters. The number of aromatic nitrogens is 3. The van der Waals surface area contributed by atoms with Crippen molar-refractivity contribution in [2.24, 2.45) is 5.18 Å². The Balaban J connectivity index is 1.70. The quantitative estimate of drug-likeness (QED) is 0.357. The number of benzene rings is 1. The predicted octanol–water partition coefficient (Wildman–Crippen LogP) is 4.69. The number of carbonyl (C=O) groups is 1. The average molecular weight is 382 g/mol. The molecule has 3 heterocycles. The minimum Gasteiger partial charge on any atom is -0.453 e. The number of nitroso groups, excluding NO2 is 1. The van der Waals surface area contributed by atoms with Gasteiger partial charge in [0.05, 0.1) is 23.0 Å². The molecule has 9 heteroatoms. The van der Waals surface area contributed by atoms with E-state index in [1.165, 1.54) is 28.2 Å². The van der Waals surface area contributed by atoms with Gasteiger partial charge in [-0.3, -0.25) is 9.67 Å². The number of pyridine rings is 1. The maximum absolute atomic E-state index is 14.1. The zero-order valence-electron chi connectivity index (χ0n) is 13.7. The van der Waals surface area contributed by atoms with Gasteiger partial charge in [0.25, 0.3) is 0 Å². The van der Waals surface area contributed by atoms with Crippen molar-refractivity contribution in [3.63, 3.8) is 0 Å². The first-order valence-corrected chi connectivity index (χ1v) is 8.65. The number of hydrogen-bond donors (Lipinski definition) is 0. The summed E-state index contributed by atoms with van der Waals surface area (Å²) in [5.74, 6) is -0.241. The molecule has 0 bridgehead atoms. The van der Waals surface area contributed by atoms with E-state index in [2.05, 4.69) is 15.3 Å². The van der Waals surface area contributed by atoms with E-state index in [9.17, 15) is 14.1 Å². The van der Waals surface area contributed by atoms with Crippen LogP contribution in [0.25, 0.3) is 20.7 Å². The van der Waals surface area contributed by atoms with Gasteiger partial charge in [-0.05, 0) is 23.4 Å². The van der Waals surface area contributed by atoms with Gasteiger partial charge in [0.15, 0.2) is 11.6 Å². The van der Waals surface area contributed by atoms with Crippen molar-refractivity contribution in [3.05, 3.63) is 59.6 Å². The lowest BCUT2D eigenvalue weighted by Crippen LogP contribution is -1.97. The summed E-state index contributed by atoms with van der Waals surface area (Å²) < 4.78 is 22.1. The topological polar surface area (TPSA) is 86.4 Å². The highest BCUT2D eigenvalue weighted by molar-refractivity contribution is 7.22. The Morgan fingerprint density at radius 2 is 2.15 bits per heavy atom. The van der Waals surface area contributed by atoms with E-state index in [4.69, 9.17) is 4.74 Å². The summed E-state index contributed by atoms with van der Waals surface area (Å²) in [5.41, 5.74) is 1.53. The third kappa shape index (κ3) is 3.32. The third-order valence-corrected chi connectivity index (χ3v) is 4.98. The van der Waals surface area contributed by atoms with Crippen LogP contribution in [0.4, 0.5) is 10.1 Å². The Labute approximate surface area is 156 Å². The number of nitrogens with zero attached hydrogens (tertiary/aromatic N) is 4. The van der Waals surface area contributed by atoms with Gasteiger partial charge in [-0.2, -0.15) is 5.10 Å². The Morgan fingerprint density at radius 3 is 2.93 bits per heavy atom. The van der Waals surface area contributed by atoms with E-state index in [-0.39, 0.29) is 18.0 Å². The molecule has 0 radical (unpaired) electrons. The van der Waals surface area contributed by atoms with Crippen molar-refractivity contribution in [2.75, 3.05) is 0 Å². The predicted molar refractivity (Wildman–Crippen MR) is 98.8 cm³/mol. The van der Waals surface area contributed by atoms with Crippen LogP contribution in [0, 0.1) is 10.7 Å². The number of rotatable bonds is 6. The maximum atomic E-state index is 14.1. The molecule has 0 saturated carbocycles. The number of fused-ring (bicyclic) bond motifs is 1. The lowest BCUT2D eigenvalue weighted by atomic mass is 10.2. The van der Waals surface area contributed by atoms with Gasteiger partial charge < -0.3 is 9.53 Å². The summed E-state index contributed by atoms with van der Waals surface area (Å²) in [5, 5.41) is 6.83. The molecule has 0 N–H and O–H groups in total. The van der Waals surface area contributed by atoms with Gasteiger partial charge in [-0.25, -0.2) is 4.39 Å². The van der Waals surface area contributed by atoms with Crippen LogP contribution < -0.4 is 4.74 Å². The summed E-state index contributed by atoms with van der Waals surface area (Å²) in [6, 6.07) is 7.28. The standard InChI is InChI=1S/C18H11FN4O3S/c19-13-7-12(22-25)1-2-15(13)26-16-3-4-20-14-8-17(27-18(14)16)11-9-21-23(10-11)5-6-24/h1-4,6-10H,5H2. The minimum absolute atomic E-state index is 0.00882. The van der Waals surface area contributed by atoms with Crippen molar-refractivity contribution >= 4 is 33.5 Å². The summed E-state index contributed by atoms with van der Waals surface area (Å²) in [6.07, 6.45) is 5.78. The maximum Gasteiger partial charge on any atom is 0.167 e. The highest BCUT2D eigenvalue weighted by atomic mass is 32.1. The first-order valence-electron chi connectivity index (χ1n) is 7.83. The highest BCUT2D eigenvalue weighted by Gasteiger charge is 2.14. The van der Waals surface area contributed by atoms with E-state index < -0.39 is 5.82 Å². The van der Waals surface area contributed by atoms with Crippen LogP contribution in [-0.2, 0) is 11.3 Å². The Kier molecular flexibility index (Phi) is 4.43. The summed E-state index contributed by atoms with van der Waals surface area (Å²) in [4.78, 5) is 26.3. The molecule has 4 rings (SSSR count). The van der Waals surface area contributed by atoms with Gasteiger partial charge in [0.2, 0.25) is 0 Å². The first kappa shape index (κ1) is 17.0. The van der Waals surface area contributed by atoms with E-state index in [1.54, 1.807) is 24.7 Å². The molecule has 4 aromatic rings. The zero-order chi connectivity index (χ0) is 18.8. The molecule has 0 unspecified atom stereocenters. The van der Waals surface area contributed by atoms with Gasteiger partial charge in [0, 0.05) is 35.0 Å². The van der Waals surface area contributed by atoms with Crippen LogP contribution in [0.1, 0.15) is 0 Å². The minimum atomic E-state index is -0.677. The number of ether oxygens (including phenoxy) is 1. The SMILES string of the molecule is O=CCn1cc(-c2cc3nccc(Oc4ccc(N=O)cc4F)c3s2)cn1. The molecule has 0 aliphatic rings. The molecule has 0 saturated heterocycles. The van der Waals surface area contributed by atoms with Crippen LogP contribution in [0.15, 0.2) is 54.1 Å². The van der Waals surface area contributed by atoms with Gasteiger partial charge in [-0.1, -0.05) is 0 Å². The second-order valence-electron chi connectivity index (χ2n) is 5.56. The van der Waals surface area contributed by atoms with Crippen LogP contribution in [0.2, 0.25) is 0 Å². The highest BCUT2D eigenvalue weighted by Crippen LogP contribution is 2.39. The van der Waals surface area contributed by atoms with Crippen molar-refractivity contribution in [3.8, 4) is 21.9 Å². The molecule has 0 spiro atoms. The Morgan fingerprint density at radius 1 is 1.26 bits per heavy atom. The summed E-state index contributed by atoms with van der Waals surface area (Å²) in [7, 11) is 0. The van der Waals surface area contributed by atoms with Gasteiger partial charge in [0.1, 0.15) is 17.7 Å². The van der Waals surface area contributed by atoms with Crippen molar-refractivity contribution in [1.82, 2.24) is 14.8 Å². The van der Waals surface area contributed by atoms with Gasteiger partial charge >= 0.3 is 0 Å². The van der Waals surface area contributed by atoms with E-state index in [0.717, 1.165) is 27.5 Å². The normalized spacial score (nSPS) is 10.9. The smallest absolute Gasteiger partial charge is 0.167 e. The Hall–Kier alpha value is -3.46. The van der Waals surface area contributed by atoms with Crippen LogP contribution in [0.5, 0.6) is 11.5 Å². The Bertz CT molecular complexity index is 1150. The lowest BCUT2D eigenvalue weighted by Gasteiger charge is -2.07. The number of hydrogen-bond acceptors (Lipinski definition) is 7. The van der Waals surface area contributed by atoms with E-state index in [0.29, 0.717) is 11.3 Å². The molecule has 0 amide bonds. The second-order valence-corrected chi connectivity index (χ2v) is 6.61. The molecule has 134 valence electrons. The van der Waals surface area contributed by atoms with Crippen LogP contribution in [0.3, 0.4) is 0 Å². The monoisotopic (exact) mass is 382 g/mol. The lowest BCUT2D eigenvalue weighted by molar-refractivity contribution is -0.108. The molecule has 0 aliphatic heterocycles. The summed E-state index contributed by atoms with van der Waals surface area (Å²) >= 11 is 1.42. The van der Waals surface area contributed by atoms with E-state index in [1.807, 2.05) is 6.07 Å². The van der Waals surface area contributed by atoms with E-state index >= 15 is 0 Å². The molecule has 0 aliphatic carbocycles. The molecular weight excluding hydrogens is 371 g/mol. The molecule has 7 nitrogen and oxygen atoms in total. The molecule has 1 aromatic carbocycles. The number of carbonyl (C=O) groups excluding carboxylic acids is 1. The molecule has 3 aromatic heterocycles. The second kappa shape index (κ2) is 7.04. The van der Waals surface area contributed by atoms with Crippen LogP contribution >= 0.6 is 11.3 Å². The van der Waals surface area contributed by atoms with Crippen molar-refractivity contribution in [1.29, 1.82) is 0 Å². The summed E-state index contributed by atoms with van der Waals surface area (Å²) in [6.45, 7) is 0.183. The number of aldehydes is 1. The van der Waals surface area contributed by atoms with Crippen molar-refractivity contribution in [2.45, 2.75) is 6.54 Å². The molecule has 27 heavy (non-hydrogen) atoms. The zero-order valence-corrected chi connectivity index (χ0v) is 14.5. The fourth-order valence-corrected chi connectivity index (χ4v) is 3.59.